The lowest BCUT2D eigenvalue weighted by atomic mass is 10.2. The summed E-state index contributed by atoms with van der Waals surface area (Å²) in [6.45, 7) is 3.09. The molecule has 0 aliphatic rings. The van der Waals surface area contributed by atoms with Crippen molar-refractivity contribution >= 4 is 17.8 Å². The van der Waals surface area contributed by atoms with Crippen molar-refractivity contribution in [3.63, 3.8) is 0 Å². The molecule has 0 bridgehead atoms. The van der Waals surface area contributed by atoms with E-state index in [-0.39, 0.29) is 5.75 Å². The number of alkyl halides is 3. The lowest BCUT2D eigenvalue weighted by Gasteiger charge is -2.10. The van der Waals surface area contributed by atoms with Crippen LogP contribution in [0.1, 0.15) is 5.56 Å². The highest BCUT2D eigenvalue weighted by Gasteiger charge is 2.33. The number of rotatable bonds is 2. The summed E-state index contributed by atoms with van der Waals surface area (Å²) >= 11 is 5.37. The number of carbonyl (C=O) groups is 1. The maximum absolute atomic E-state index is 12.4. The van der Waals surface area contributed by atoms with Gasteiger partial charge in [-0.2, -0.15) is 13.2 Å². The van der Waals surface area contributed by atoms with Gasteiger partial charge < -0.3 is 9.47 Å². The van der Waals surface area contributed by atoms with Gasteiger partial charge in [0.1, 0.15) is 5.75 Å². The molecule has 0 spiro atoms. The molecule has 0 amide bonds. The molecule has 1 aromatic carbocycles. The summed E-state index contributed by atoms with van der Waals surface area (Å²) in [6.07, 6.45) is -5.02. The van der Waals surface area contributed by atoms with Crippen LogP contribution in [0, 0.1) is 0 Å². The van der Waals surface area contributed by atoms with Crippen LogP contribution >= 0.6 is 11.6 Å². The molecular weight excluding hydrogens is 261 g/mol. The van der Waals surface area contributed by atoms with Crippen LogP contribution in [0.5, 0.6) is 5.75 Å². The van der Waals surface area contributed by atoms with Crippen LogP contribution in [0.25, 0.3) is 0 Å². The molecule has 0 saturated carbocycles. The number of halogens is 4. The van der Waals surface area contributed by atoms with Crippen LogP contribution in [0.15, 0.2) is 31.0 Å². The Morgan fingerprint density at radius 3 is 2.59 bits per heavy atom. The lowest BCUT2D eigenvalue weighted by Crippen LogP contribution is -2.09. The van der Waals surface area contributed by atoms with Crippen LogP contribution in [0.3, 0.4) is 0 Å². The Morgan fingerprint density at radius 2 is 2.06 bits per heavy atom. The van der Waals surface area contributed by atoms with Gasteiger partial charge in [-0.1, -0.05) is 18.2 Å². The monoisotopic (exact) mass is 266 g/mol. The van der Waals surface area contributed by atoms with Crippen LogP contribution in [-0.4, -0.2) is 6.16 Å². The first-order chi connectivity index (χ1) is 7.84. The maximum atomic E-state index is 12.4. The average molecular weight is 267 g/mol. The topological polar surface area (TPSA) is 35.5 Å². The largest absolute Gasteiger partial charge is 0.518 e. The van der Waals surface area contributed by atoms with Gasteiger partial charge in [0.05, 0.1) is 16.8 Å². The van der Waals surface area contributed by atoms with Crippen molar-refractivity contribution in [2.24, 2.45) is 0 Å². The number of ether oxygens (including phenoxy) is 2. The molecule has 0 fully saturated rings. The number of benzene rings is 1. The van der Waals surface area contributed by atoms with E-state index in [0.29, 0.717) is 6.07 Å². The van der Waals surface area contributed by atoms with Crippen molar-refractivity contribution < 1.29 is 27.4 Å². The minimum absolute atomic E-state index is 0.325. The third-order valence-electron chi connectivity index (χ3n) is 1.62. The predicted molar refractivity (Wildman–Crippen MR) is 53.8 cm³/mol. The van der Waals surface area contributed by atoms with Gasteiger partial charge in [-0.25, -0.2) is 4.79 Å². The average Bonchev–Trinajstić information content (AvgIpc) is 2.19. The van der Waals surface area contributed by atoms with E-state index >= 15 is 0 Å². The third kappa shape index (κ3) is 3.67. The van der Waals surface area contributed by atoms with Gasteiger partial charge >= 0.3 is 12.3 Å². The van der Waals surface area contributed by atoms with Crippen LogP contribution < -0.4 is 4.74 Å². The summed E-state index contributed by atoms with van der Waals surface area (Å²) in [5.74, 6) is -0.325. The van der Waals surface area contributed by atoms with Gasteiger partial charge in [0.2, 0.25) is 0 Å². The number of hydrogen-bond donors (Lipinski definition) is 0. The molecule has 0 unspecified atom stereocenters. The minimum atomic E-state index is -4.63. The molecule has 3 nitrogen and oxygen atoms in total. The molecule has 17 heavy (non-hydrogen) atoms. The fraction of sp³-hybridized carbons (Fsp3) is 0.100. The first-order valence-electron chi connectivity index (χ1n) is 4.20. The van der Waals surface area contributed by atoms with Crippen molar-refractivity contribution in [1.29, 1.82) is 0 Å². The summed E-state index contributed by atoms with van der Waals surface area (Å²) in [4.78, 5) is 10.8. The van der Waals surface area contributed by atoms with Crippen LogP contribution in [0.4, 0.5) is 18.0 Å². The first kappa shape index (κ1) is 13.4. The van der Waals surface area contributed by atoms with Crippen LogP contribution in [0.2, 0.25) is 5.02 Å². The van der Waals surface area contributed by atoms with E-state index in [1.807, 2.05) is 0 Å². The second-order valence-corrected chi connectivity index (χ2v) is 3.18. The van der Waals surface area contributed by atoms with Crippen molar-refractivity contribution in [3.8, 4) is 5.75 Å². The fourth-order valence-corrected chi connectivity index (χ4v) is 1.20. The number of hydrogen-bond acceptors (Lipinski definition) is 3. The van der Waals surface area contributed by atoms with Crippen molar-refractivity contribution in [3.05, 3.63) is 41.6 Å². The quantitative estimate of drug-likeness (QED) is 0.461. The zero-order chi connectivity index (χ0) is 13.1. The second kappa shape index (κ2) is 5.09. The van der Waals surface area contributed by atoms with Gasteiger partial charge in [-0.05, 0) is 18.2 Å². The molecule has 0 aromatic heterocycles. The third-order valence-corrected chi connectivity index (χ3v) is 1.95. The van der Waals surface area contributed by atoms with Gasteiger partial charge in [0, 0.05) is 0 Å². The molecule has 0 heterocycles. The summed E-state index contributed by atoms with van der Waals surface area (Å²) in [5, 5.41) is -0.484. The molecule has 7 heteroatoms. The van der Waals surface area contributed by atoms with Gasteiger partial charge in [-0.15, -0.1) is 0 Å². The predicted octanol–water partition coefficient (Wildman–Crippen LogP) is 4.02. The molecule has 0 radical (unpaired) electrons. The molecule has 92 valence electrons. The normalized spacial score (nSPS) is 10.8. The van der Waals surface area contributed by atoms with E-state index in [4.69, 9.17) is 11.6 Å². The number of carbonyl (C=O) groups excluding carboxylic acids is 1. The Balaban J connectivity index is 2.97. The van der Waals surface area contributed by atoms with E-state index in [0.717, 1.165) is 18.4 Å². The van der Waals surface area contributed by atoms with E-state index in [1.54, 1.807) is 0 Å². The SMILES string of the molecule is C=COC(=O)Oc1ccc(Cl)c(C(F)(F)F)c1. The van der Waals surface area contributed by atoms with E-state index in [1.165, 1.54) is 0 Å². The smallest absolute Gasteiger partial charge is 0.403 e. The summed E-state index contributed by atoms with van der Waals surface area (Å²) in [6, 6.07) is 2.69. The molecule has 0 aliphatic heterocycles. The highest BCUT2D eigenvalue weighted by Crippen LogP contribution is 2.36. The van der Waals surface area contributed by atoms with Crippen LogP contribution in [-0.2, 0) is 10.9 Å². The van der Waals surface area contributed by atoms with E-state index in [2.05, 4.69) is 16.1 Å². The molecule has 1 aromatic rings. The standard InChI is InChI=1S/C10H6ClF3O3/c1-2-16-9(15)17-6-3-4-8(11)7(5-6)10(12,13)14/h2-5H,1H2. The lowest BCUT2D eigenvalue weighted by molar-refractivity contribution is -0.137. The Hall–Kier alpha value is -1.69. The highest BCUT2D eigenvalue weighted by atomic mass is 35.5. The molecule has 1 rings (SSSR count). The van der Waals surface area contributed by atoms with Crippen molar-refractivity contribution in [2.45, 2.75) is 6.18 Å². The second-order valence-electron chi connectivity index (χ2n) is 2.78. The molecule has 0 saturated heterocycles. The van der Waals surface area contributed by atoms with Gasteiger partial charge in [0.25, 0.3) is 0 Å². The fourth-order valence-electron chi connectivity index (χ4n) is 0.973. The van der Waals surface area contributed by atoms with Crippen molar-refractivity contribution in [2.75, 3.05) is 0 Å². The Labute approximate surface area is 99.4 Å². The molecular formula is C10H6ClF3O3. The Kier molecular flexibility index (Phi) is 4.01. The molecule has 0 N–H and O–H groups in total. The Morgan fingerprint density at radius 1 is 1.41 bits per heavy atom. The summed E-state index contributed by atoms with van der Waals surface area (Å²) in [7, 11) is 0. The van der Waals surface area contributed by atoms with Gasteiger partial charge in [0.15, 0.2) is 0 Å². The van der Waals surface area contributed by atoms with E-state index < -0.39 is 22.9 Å². The molecule has 0 atom stereocenters. The van der Waals surface area contributed by atoms with E-state index in [9.17, 15) is 18.0 Å². The maximum Gasteiger partial charge on any atom is 0.518 e. The highest BCUT2D eigenvalue weighted by molar-refractivity contribution is 6.31. The minimum Gasteiger partial charge on any atom is -0.403 e. The summed E-state index contributed by atoms with van der Waals surface area (Å²) < 4.78 is 46.0. The Bertz CT molecular complexity index is 443. The molecule has 0 aliphatic carbocycles. The zero-order valence-electron chi connectivity index (χ0n) is 8.25. The summed E-state index contributed by atoms with van der Waals surface area (Å²) in [5.41, 5.74) is -1.09. The first-order valence-corrected chi connectivity index (χ1v) is 4.58. The zero-order valence-corrected chi connectivity index (χ0v) is 9.01. The van der Waals surface area contributed by atoms with Crippen molar-refractivity contribution in [1.82, 2.24) is 0 Å². The van der Waals surface area contributed by atoms with Gasteiger partial charge in [-0.3, -0.25) is 0 Å².